The van der Waals surface area contributed by atoms with Crippen molar-refractivity contribution in [1.29, 1.82) is 0 Å². The summed E-state index contributed by atoms with van der Waals surface area (Å²) in [6.45, 7) is 8.16. The van der Waals surface area contributed by atoms with Crippen LogP contribution >= 0.6 is 0 Å². The van der Waals surface area contributed by atoms with E-state index in [1.165, 1.54) is 0 Å². The Labute approximate surface area is 132 Å². The van der Waals surface area contributed by atoms with Gasteiger partial charge in [0, 0.05) is 12.7 Å². The summed E-state index contributed by atoms with van der Waals surface area (Å²) in [6, 6.07) is 1.82. The molecule has 1 aromatic heterocycles. The largest absolute Gasteiger partial charge is 0.394 e. The van der Waals surface area contributed by atoms with Crippen LogP contribution in [0.3, 0.4) is 0 Å². The van der Waals surface area contributed by atoms with Crippen LogP contribution in [-0.4, -0.2) is 46.5 Å². The van der Waals surface area contributed by atoms with Gasteiger partial charge < -0.3 is 15.7 Å². The van der Waals surface area contributed by atoms with E-state index in [-0.39, 0.29) is 24.0 Å². The van der Waals surface area contributed by atoms with Crippen LogP contribution in [-0.2, 0) is 0 Å². The molecule has 1 aliphatic heterocycles. The zero-order valence-electron chi connectivity index (χ0n) is 13.8. The smallest absolute Gasteiger partial charge is 0.272 e. The van der Waals surface area contributed by atoms with Crippen molar-refractivity contribution in [3.05, 3.63) is 18.0 Å². The van der Waals surface area contributed by atoms with Crippen LogP contribution in [0.5, 0.6) is 0 Å². The number of nitrogens with one attached hydrogen (secondary N) is 2. The maximum atomic E-state index is 12.3. The minimum absolute atomic E-state index is 0.0494. The molecule has 2 rings (SSSR count). The van der Waals surface area contributed by atoms with Gasteiger partial charge >= 0.3 is 0 Å². The summed E-state index contributed by atoms with van der Waals surface area (Å²) in [5.74, 6) is -0.217. The van der Waals surface area contributed by atoms with Crippen LogP contribution in [0.25, 0.3) is 0 Å². The normalized spacial score (nSPS) is 20.6. The molecule has 0 aliphatic carbocycles. The first-order valence-electron chi connectivity index (χ1n) is 8.06. The van der Waals surface area contributed by atoms with E-state index < -0.39 is 0 Å². The number of piperidine rings is 1. The third-order valence-electron chi connectivity index (χ3n) is 3.90. The molecule has 0 aromatic carbocycles. The number of amides is 1. The number of hydrogen-bond donors (Lipinski definition) is 3. The molecule has 6 nitrogen and oxygen atoms in total. The third-order valence-corrected chi connectivity index (χ3v) is 3.90. The molecule has 1 aliphatic rings. The molecule has 0 spiro atoms. The molecule has 1 aromatic rings. The Kier molecular flexibility index (Phi) is 5.58. The Bertz CT molecular complexity index is 487. The van der Waals surface area contributed by atoms with Crippen LogP contribution < -0.4 is 10.6 Å². The summed E-state index contributed by atoms with van der Waals surface area (Å²) in [6.07, 6.45) is 4.80. The quantitative estimate of drug-likeness (QED) is 0.767. The fourth-order valence-electron chi connectivity index (χ4n) is 2.88. The Balaban J connectivity index is 1.96. The molecule has 0 saturated carbocycles. The molecule has 6 heteroatoms. The zero-order valence-corrected chi connectivity index (χ0v) is 13.8. The number of aromatic nitrogens is 2. The van der Waals surface area contributed by atoms with E-state index in [2.05, 4.69) is 36.5 Å². The minimum Gasteiger partial charge on any atom is -0.394 e. The zero-order chi connectivity index (χ0) is 16.2. The standard InChI is InChI=1S/C16H28N4O2/c1-16(2,3)9-12(11-21)18-15(22)14-6-8-20(19-14)13-5-4-7-17-10-13/h6,8,12-13,17,21H,4-5,7,9-11H2,1-3H3,(H,18,22). The lowest BCUT2D eigenvalue weighted by Crippen LogP contribution is -2.40. The average Bonchev–Trinajstić information content (AvgIpc) is 2.96. The molecule has 1 saturated heterocycles. The molecule has 2 atom stereocenters. The second kappa shape index (κ2) is 7.24. The molecule has 2 unspecified atom stereocenters. The van der Waals surface area contributed by atoms with Crippen LogP contribution in [0.1, 0.15) is 56.6 Å². The van der Waals surface area contributed by atoms with Gasteiger partial charge in [0.15, 0.2) is 0 Å². The molecule has 3 N–H and O–H groups in total. The number of carbonyl (C=O) groups excluding carboxylic acids is 1. The molecule has 1 fully saturated rings. The van der Waals surface area contributed by atoms with Gasteiger partial charge in [0.2, 0.25) is 0 Å². The third kappa shape index (κ3) is 4.81. The van der Waals surface area contributed by atoms with Gasteiger partial charge in [-0.15, -0.1) is 0 Å². The van der Waals surface area contributed by atoms with Gasteiger partial charge in [-0.25, -0.2) is 0 Å². The van der Waals surface area contributed by atoms with Gasteiger partial charge in [0.1, 0.15) is 5.69 Å². The predicted octanol–water partition coefficient (Wildman–Crippen LogP) is 1.33. The summed E-state index contributed by atoms with van der Waals surface area (Å²) in [7, 11) is 0. The first kappa shape index (κ1) is 17.0. The lowest BCUT2D eigenvalue weighted by molar-refractivity contribution is 0.0891. The van der Waals surface area contributed by atoms with Gasteiger partial charge in [0.05, 0.1) is 18.7 Å². The number of carbonyl (C=O) groups is 1. The van der Waals surface area contributed by atoms with Crippen molar-refractivity contribution in [2.45, 2.75) is 52.1 Å². The average molecular weight is 308 g/mol. The molecule has 0 bridgehead atoms. The molecule has 2 heterocycles. The fourth-order valence-corrected chi connectivity index (χ4v) is 2.88. The first-order chi connectivity index (χ1) is 10.4. The second-order valence-electron chi connectivity index (χ2n) is 7.30. The summed E-state index contributed by atoms with van der Waals surface area (Å²) in [5, 5.41) is 20.1. The molecule has 0 radical (unpaired) electrons. The van der Waals surface area contributed by atoms with E-state index in [0.717, 1.165) is 32.4 Å². The number of aliphatic hydroxyl groups excluding tert-OH is 1. The highest BCUT2D eigenvalue weighted by Gasteiger charge is 2.22. The number of hydrogen-bond acceptors (Lipinski definition) is 4. The summed E-state index contributed by atoms with van der Waals surface area (Å²) in [4.78, 5) is 12.3. The number of nitrogens with zero attached hydrogens (tertiary/aromatic N) is 2. The summed E-state index contributed by atoms with van der Waals surface area (Å²) < 4.78 is 1.87. The van der Waals surface area contributed by atoms with Crippen molar-refractivity contribution >= 4 is 5.91 Å². The van der Waals surface area contributed by atoms with E-state index >= 15 is 0 Å². The van der Waals surface area contributed by atoms with Crippen LogP contribution in [0.4, 0.5) is 0 Å². The maximum absolute atomic E-state index is 12.3. The Morgan fingerprint density at radius 1 is 1.59 bits per heavy atom. The van der Waals surface area contributed by atoms with Gasteiger partial charge in [-0.05, 0) is 37.3 Å². The Hall–Kier alpha value is -1.40. The molecule has 1 amide bonds. The van der Waals surface area contributed by atoms with Crippen molar-refractivity contribution in [1.82, 2.24) is 20.4 Å². The monoisotopic (exact) mass is 308 g/mol. The van der Waals surface area contributed by atoms with E-state index in [0.29, 0.717) is 11.7 Å². The van der Waals surface area contributed by atoms with Crippen LogP contribution in [0, 0.1) is 5.41 Å². The van der Waals surface area contributed by atoms with Crippen LogP contribution in [0.2, 0.25) is 0 Å². The number of aliphatic hydroxyl groups is 1. The fraction of sp³-hybridized carbons (Fsp3) is 0.750. The Morgan fingerprint density at radius 3 is 2.95 bits per heavy atom. The minimum atomic E-state index is -0.242. The van der Waals surface area contributed by atoms with E-state index in [9.17, 15) is 9.90 Å². The maximum Gasteiger partial charge on any atom is 0.272 e. The van der Waals surface area contributed by atoms with E-state index in [4.69, 9.17) is 0 Å². The molecule has 22 heavy (non-hydrogen) atoms. The lowest BCUT2D eigenvalue weighted by Gasteiger charge is -2.25. The van der Waals surface area contributed by atoms with Crippen molar-refractivity contribution in [3.63, 3.8) is 0 Å². The van der Waals surface area contributed by atoms with Crippen molar-refractivity contribution in [3.8, 4) is 0 Å². The SMILES string of the molecule is CC(C)(C)CC(CO)NC(=O)c1ccn(C2CCCNC2)n1. The highest BCUT2D eigenvalue weighted by atomic mass is 16.3. The lowest BCUT2D eigenvalue weighted by atomic mass is 9.88. The first-order valence-corrected chi connectivity index (χ1v) is 8.06. The van der Waals surface area contributed by atoms with E-state index in [1.807, 2.05) is 10.9 Å². The van der Waals surface area contributed by atoms with Gasteiger partial charge in [-0.1, -0.05) is 20.8 Å². The second-order valence-corrected chi connectivity index (χ2v) is 7.30. The summed E-state index contributed by atoms with van der Waals surface area (Å²) >= 11 is 0. The topological polar surface area (TPSA) is 79.2 Å². The number of rotatable bonds is 5. The van der Waals surface area contributed by atoms with Crippen LogP contribution in [0.15, 0.2) is 12.3 Å². The van der Waals surface area contributed by atoms with Crippen molar-refractivity contribution in [2.24, 2.45) is 5.41 Å². The van der Waals surface area contributed by atoms with Gasteiger partial charge in [-0.2, -0.15) is 5.10 Å². The molecule has 124 valence electrons. The molecular formula is C16H28N4O2. The highest BCUT2D eigenvalue weighted by molar-refractivity contribution is 5.92. The van der Waals surface area contributed by atoms with Crippen molar-refractivity contribution in [2.75, 3.05) is 19.7 Å². The summed E-state index contributed by atoms with van der Waals surface area (Å²) in [5.41, 5.74) is 0.464. The predicted molar refractivity (Wildman–Crippen MR) is 85.8 cm³/mol. The molecular weight excluding hydrogens is 280 g/mol. The highest BCUT2D eigenvalue weighted by Crippen LogP contribution is 2.21. The van der Waals surface area contributed by atoms with E-state index in [1.54, 1.807) is 6.07 Å². The Morgan fingerprint density at radius 2 is 2.36 bits per heavy atom. The van der Waals surface area contributed by atoms with Gasteiger partial charge in [-0.3, -0.25) is 9.48 Å². The van der Waals surface area contributed by atoms with Gasteiger partial charge in [0.25, 0.3) is 5.91 Å². The van der Waals surface area contributed by atoms with Crippen molar-refractivity contribution < 1.29 is 9.90 Å².